The monoisotopic (exact) mass is 234 g/mol. The SMILES string of the molecule is O=C(O)c1ccnc(C2CCCC/C2=N\O)c1. The third-order valence-corrected chi connectivity index (χ3v) is 3.09. The first-order chi connectivity index (χ1) is 8.22. The van der Waals surface area contributed by atoms with Crippen molar-refractivity contribution in [3.05, 3.63) is 29.6 Å². The van der Waals surface area contributed by atoms with E-state index in [1.165, 1.54) is 12.3 Å². The van der Waals surface area contributed by atoms with Gasteiger partial charge in [0.1, 0.15) is 0 Å². The molecular weight excluding hydrogens is 220 g/mol. The third kappa shape index (κ3) is 2.43. The van der Waals surface area contributed by atoms with Crippen molar-refractivity contribution < 1.29 is 15.1 Å². The number of aromatic carboxylic acids is 1. The molecule has 1 saturated carbocycles. The number of hydrogen-bond donors (Lipinski definition) is 2. The number of pyridine rings is 1. The minimum atomic E-state index is -0.966. The predicted molar refractivity (Wildman–Crippen MR) is 61.6 cm³/mol. The van der Waals surface area contributed by atoms with Gasteiger partial charge >= 0.3 is 5.97 Å². The maximum absolute atomic E-state index is 10.9. The van der Waals surface area contributed by atoms with Crippen LogP contribution in [-0.2, 0) is 0 Å². The van der Waals surface area contributed by atoms with E-state index < -0.39 is 5.97 Å². The van der Waals surface area contributed by atoms with Crippen LogP contribution in [0.1, 0.15) is 47.7 Å². The molecule has 0 aromatic carbocycles. The highest BCUT2D eigenvalue weighted by Crippen LogP contribution is 2.29. The highest BCUT2D eigenvalue weighted by molar-refractivity contribution is 5.92. The van der Waals surface area contributed by atoms with Gasteiger partial charge in [0, 0.05) is 12.1 Å². The van der Waals surface area contributed by atoms with Crippen LogP contribution in [0.5, 0.6) is 0 Å². The first kappa shape index (κ1) is 11.6. The van der Waals surface area contributed by atoms with Crippen molar-refractivity contribution in [1.29, 1.82) is 0 Å². The summed E-state index contributed by atoms with van der Waals surface area (Å²) in [4.78, 5) is 15.1. The van der Waals surface area contributed by atoms with Crippen LogP contribution >= 0.6 is 0 Å². The largest absolute Gasteiger partial charge is 0.478 e. The number of rotatable bonds is 2. The zero-order valence-electron chi connectivity index (χ0n) is 9.33. The lowest BCUT2D eigenvalue weighted by molar-refractivity contribution is 0.0696. The van der Waals surface area contributed by atoms with E-state index in [1.807, 2.05) is 0 Å². The van der Waals surface area contributed by atoms with Gasteiger partial charge in [0.05, 0.1) is 17.0 Å². The molecule has 0 spiro atoms. The van der Waals surface area contributed by atoms with Crippen molar-refractivity contribution in [2.24, 2.45) is 5.16 Å². The molecule has 0 aliphatic heterocycles. The molecule has 90 valence electrons. The van der Waals surface area contributed by atoms with Crippen LogP contribution < -0.4 is 0 Å². The highest BCUT2D eigenvalue weighted by atomic mass is 16.4. The average Bonchev–Trinajstić information content (AvgIpc) is 2.39. The van der Waals surface area contributed by atoms with E-state index in [4.69, 9.17) is 10.3 Å². The molecule has 0 bridgehead atoms. The van der Waals surface area contributed by atoms with E-state index in [0.717, 1.165) is 25.7 Å². The lowest BCUT2D eigenvalue weighted by Crippen LogP contribution is -2.19. The summed E-state index contributed by atoms with van der Waals surface area (Å²) < 4.78 is 0. The van der Waals surface area contributed by atoms with Crippen LogP contribution in [0, 0.1) is 0 Å². The Morgan fingerprint density at radius 1 is 1.47 bits per heavy atom. The molecule has 5 nitrogen and oxygen atoms in total. The molecule has 1 fully saturated rings. The molecule has 1 aromatic heterocycles. The summed E-state index contributed by atoms with van der Waals surface area (Å²) in [6.45, 7) is 0. The molecule has 2 rings (SSSR count). The molecule has 17 heavy (non-hydrogen) atoms. The molecule has 0 radical (unpaired) electrons. The standard InChI is InChI=1S/C12H14N2O3/c15-12(16)8-5-6-13-11(7-8)9-3-1-2-4-10(9)14-17/h5-7,9,17H,1-4H2,(H,15,16)/b14-10+. The van der Waals surface area contributed by atoms with Crippen LogP contribution in [0.15, 0.2) is 23.5 Å². The number of oxime groups is 1. The molecule has 1 atom stereocenters. The fraction of sp³-hybridized carbons (Fsp3) is 0.417. The van der Waals surface area contributed by atoms with Crippen molar-refractivity contribution >= 4 is 11.7 Å². The lowest BCUT2D eigenvalue weighted by atomic mass is 9.84. The van der Waals surface area contributed by atoms with Crippen molar-refractivity contribution in [2.45, 2.75) is 31.6 Å². The average molecular weight is 234 g/mol. The zero-order valence-corrected chi connectivity index (χ0v) is 9.33. The summed E-state index contributed by atoms with van der Waals surface area (Å²) in [7, 11) is 0. The summed E-state index contributed by atoms with van der Waals surface area (Å²) in [5.74, 6) is -1.01. The molecule has 1 aromatic rings. The summed E-state index contributed by atoms with van der Waals surface area (Å²) >= 11 is 0. The molecular formula is C12H14N2O3. The fourth-order valence-electron chi connectivity index (χ4n) is 2.21. The molecule has 1 heterocycles. The predicted octanol–water partition coefficient (Wildman–Crippen LogP) is 2.27. The number of nitrogens with zero attached hydrogens (tertiary/aromatic N) is 2. The Balaban J connectivity index is 2.32. The van der Waals surface area contributed by atoms with Crippen LogP contribution in [0.4, 0.5) is 0 Å². The zero-order chi connectivity index (χ0) is 12.3. The second kappa shape index (κ2) is 4.95. The quantitative estimate of drug-likeness (QED) is 0.607. The van der Waals surface area contributed by atoms with E-state index in [1.54, 1.807) is 6.07 Å². The molecule has 0 saturated heterocycles. The topological polar surface area (TPSA) is 82.8 Å². The van der Waals surface area contributed by atoms with Gasteiger partial charge in [-0.15, -0.1) is 0 Å². The Kier molecular flexibility index (Phi) is 3.37. The van der Waals surface area contributed by atoms with Gasteiger partial charge < -0.3 is 10.3 Å². The minimum Gasteiger partial charge on any atom is -0.478 e. The van der Waals surface area contributed by atoms with Gasteiger partial charge in [0.25, 0.3) is 0 Å². The summed E-state index contributed by atoms with van der Waals surface area (Å²) in [5, 5.41) is 21.2. The Hall–Kier alpha value is -1.91. The molecule has 2 N–H and O–H groups in total. The van der Waals surface area contributed by atoms with Gasteiger partial charge in [0.2, 0.25) is 0 Å². The molecule has 1 aliphatic carbocycles. The fourth-order valence-corrected chi connectivity index (χ4v) is 2.21. The van der Waals surface area contributed by atoms with E-state index >= 15 is 0 Å². The maximum atomic E-state index is 10.9. The van der Waals surface area contributed by atoms with Crippen LogP contribution in [0.25, 0.3) is 0 Å². The maximum Gasteiger partial charge on any atom is 0.335 e. The Bertz CT molecular complexity index is 457. The van der Waals surface area contributed by atoms with Gasteiger partial charge in [-0.25, -0.2) is 4.79 Å². The second-order valence-corrected chi connectivity index (χ2v) is 4.16. The Morgan fingerprint density at radius 2 is 2.29 bits per heavy atom. The van der Waals surface area contributed by atoms with Crippen molar-refractivity contribution in [2.75, 3.05) is 0 Å². The van der Waals surface area contributed by atoms with E-state index in [-0.39, 0.29) is 11.5 Å². The van der Waals surface area contributed by atoms with Crippen molar-refractivity contribution in [1.82, 2.24) is 4.98 Å². The number of carbonyl (C=O) groups is 1. The minimum absolute atomic E-state index is 0.0481. The van der Waals surface area contributed by atoms with E-state index in [9.17, 15) is 4.79 Å². The number of carboxylic acid groups (broad SMARTS) is 1. The van der Waals surface area contributed by atoms with Crippen LogP contribution in [0.2, 0.25) is 0 Å². The van der Waals surface area contributed by atoms with E-state index in [0.29, 0.717) is 11.4 Å². The van der Waals surface area contributed by atoms with Gasteiger partial charge in [-0.1, -0.05) is 11.6 Å². The van der Waals surface area contributed by atoms with Crippen LogP contribution in [0.3, 0.4) is 0 Å². The summed E-state index contributed by atoms with van der Waals surface area (Å²) in [6.07, 6.45) is 5.15. The number of aromatic nitrogens is 1. The summed E-state index contributed by atoms with van der Waals surface area (Å²) in [5.41, 5.74) is 1.60. The molecule has 0 amide bonds. The first-order valence-corrected chi connectivity index (χ1v) is 5.62. The van der Waals surface area contributed by atoms with Gasteiger partial charge in [-0.3, -0.25) is 4.98 Å². The highest BCUT2D eigenvalue weighted by Gasteiger charge is 2.24. The van der Waals surface area contributed by atoms with E-state index in [2.05, 4.69) is 10.1 Å². The molecule has 5 heteroatoms. The Morgan fingerprint density at radius 3 is 3.00 bits per heavy atom. The first-order valence-electron chi connectivity index (χ1n) is 5.62. The van der Waals surface area contributed by atoms with Gasteiger partial charge in [-0.05, 0) is 31.4 Å². The Labute approximate surface area is 98.8 Å². The van der Waals surface area contributed by atoms with Crippen molar-refractivity contribution in [3.63, 3.8) is 0 Å². The van der Waals surface area contributed by atoms with Crippen LogP contribution in [-0.4, -0.2) is 27.0 Å². The lowest BCUT2D eigenvalue weighted by Gasteiger charge is -2.22. The molecule has 1 aliphatic rings. The smallest absolute Gasteiger partial charge is 0.335 e. The molecule has 1 unspecified atom stereocenters. The summed E-state index contributed by atoms with van der Waals surface area (Å²) in [6, 6.07) is 3.02. The number of carboxylic acids is 1. The van der Waals surface area contributed by atoms with Gasteiger partial charge in [0.15, 0.2) is 0 Å². The normalized spacial score (nSPS) is 22.6. The third-order valence-electron chi connectivity index (χ3n) is 3.09. The van der Waals surface area contributed by atoms with Crippen molar-refractivity contribution in [3.8, 4) is 0 Å². The second-order valence-electron chi connectivity index (χ2n) is 4.16. The number of hydrogen-bond acceptors (Lipinski definition) is 4. The van der Waals surface area contributed by atoms with Gasteiger partial charge in [-0.2, -0.15) is 0 Å².